The average Bonchev–Trinajstić information content (AvgIpc) is 2.28. The fourth-order valence-electron chi connectivity index (χ4n) is 1.61. The molecule has 16 heavy (non-hydrogen) atoms. The van der Waals surface area contributed by atoms with Crippen LogP contribution in [0, 0.1) is 6.92 Å². The summed E-state index contributed by atoms with van der Waals surface area (Å²) in [6, 6.07) is 1.87. The average molecular weight is 223 g/mol. The van der Waals surface area contributed by atoms with Crippen molar-refractivity contribution in [2.75, 3.05) is 6.54 Å². The third-order valence-electron chi connectivity index (χ3n) is 2.49. The maximum atomic E-state index is 11.9. The SMILES string of the molecule is CCCCNCc1cc(C)nn(CC)c1=O. The molecule has 0 aliphatic rings. The molecular weight excluding hydrogens is 202 g/mol. The zero-order valence-corrected chi connectivity index (χ0v) is 10.4. The van der Waals surface area contributed by atoms with Crippen LogP contribution in [0.1, 0.15) is 37.9 Å². The van der Waals surface area contributed by atoms with Gasteiger partial charge in [-0.05, 0) is 32.9 Å². The largest absolute Gasteiger partial charge is 0.312 e. The molecule has 0 bridgehead atoms. The molecule has 0 spiro atoms. The Hall–Kier alpha value is -1.16. The van der Waals surface area contributed by atoms with Crippen LogP contribution in [0.3, 0.4) is 0 Å². The number of hydrogen-bond acceptors (Lipinski definition) is 3. The summed E-state index contributed by atoms with van der Waals surface area (Å²) < 4.78 is 1.52. The highest BCUT2D eigenvalue weighted by Gasteiger charge is 2.04. The van der Waals surface area contributed by atoms with E-state index in [4.69, 9.17) is 0 Å². The quantitative estimate of drug-likeness (QED) is 0.743. The predicted octanol–water partition coefficient (Wildman–Crippen LogP) is 1.46. The molecule has 0 amide bonds. The number of aryl methyl sites for hydroxylation is 2. The first-order valence-corrected chi connectivity index (χ1v) is 5.97. The van der Waals surface area contributed by atoms with Crippen LogP contribution in [0.5, 0.6) is 0 Å². The Kier molecular flexibility index (Phi) is 5.19. The normalized spacial score (nSPS) is 10.7. The van der Waals surface area contributed by atoms with Crippen LogP contribution in [-0.2, 0) is 13.1 Å². The van der Waals surface area contributed by atoms with Crippen LogP contribution in [0.2, 0.25) is 0 Å². The summed E-state index contributed by atoms with van der Waals surface area (Å²) in [6.07, 6.45) is 2.31. The molecule has 0 unspecified atom stereocenters. The highest BCUT2D eigenvalue weighted by atomic mass is 16.1. The van der Waals surface area contributed by atoms with E-state index in [0.717, 1.165) is 24.2 Å². The summed E-state index contributed by atoms with van der Waals surface area (Å²) in [7, 11) is 0. The molecule has 0 saturated heterocycles. The number of aromatic nitrogens is 2. The lowest BCUT2D eigenvalue weighted by Gasteiger charge is -2.07. The second-order valence-corrected chi connectivity index (χ2v) is 3.96. The minimum atomic E-state index is 0.0251. The Balaban J connectivity index is 2.72. The van der Waals surface area contributed by atoms with Crippen molar-refractivity contribution in [2.45, 2.75) is 46.7 Å². The first-order valence-electron chi connectivity index (χ1n) is 5.97. The molecule has 90 valence electrons. The minimum Gasteiger partial charge on any atom is -0.312 e. The van der Waals surface area contributed by atoms with E-state index in [1.54, 1.807) is 0 Å². The van der Waals surface area contributed by atoms with Crippen molar-refractivity contribution >= 4 is 0 Å². The molecule has 1 aromatic heterocycles. The van der Waals surface area contributed by atoms with Gasteiger partial charge in [0, 0.05) is 18.7 Å². The van der Waals surface area contributed by atoms with Gasteiger partial charge in [0.05, 0.1) is 5.69 Å². The van der Waals surface area contributed by atoms with Crippen molar-refractivity contribution in [1.29, 1.82) is 0 Å². The van der Waals surface area contributed by atoms with E-state index in [1.807, 2.05) is 19.9 Å². The lowest BCUT2D eigenvalue weighted by atomic mass is 10.2. The molecule has 4 heteroatoms. The molecular formula is C12H21N3O. The molecule has 0 aliphatic carbocycles. The second-order valence-electron chi connectivity index (χ2n) is 3.96. The Morgan fingerprint density at radius 1 is 1.44 bits per heavy atom. The van der Waals surface area contributed by atoms with Crippen molar-refractivity contribution in [3.05, 3.63) is 27.7 Å². The van der Waals surface area contributed by atoms with Gasteiger partial charge in [0.25, 0.3) is 5.56 Å². The Labute approximate surface area is 96.7 Å². The third kappa shape index (κ3) is 3.45. The van der Waals surface area contributed by atoms with Gasteiger partial charge in [-0.3, -0.25) is 4.79 Å². The Morgan fingerprint density at radius 3 is 2.81 bits per heavy atom. The van der Waals surface area contributed by atoms with E-state index in [0.29, 0.717) is 13.1 Å². The van der Waals surface area contributed by atoms with Crippen LogP contribution in [0.4, 0.5) is 0 Å². The smallest absolute Gasteiger partial charge is 0.271 e. The number of unbranched alkanes of at least 4 members (excludes halogenated alkanes) is 1. The van der Waals surface area contributed by atoms with Gasteiger partial charge in [-0.15, -0.1) is 0 Å². The summed E-state index contributed by atoms with van der Waals surface area (Å²) in [5, 5.41) is 7.45. The number of rotatable bonds is 6. The molecule has 1 N–H and O–H groups in total. The zero-order valence-electron chi connectivity index (χ0n) is 10.4. The van der Waals surface area contributed by atoms with E-state index in [9.17, 15) is 4.79 Å². The van der Waals surface area contributed by atoms with Crippen molar-refractivity contribution in [1.82, 2.24) is 15.1 Å². The van der Waals surface area contributed by atoms with Crippen molar-refractivity contribution in [3.8, 4) is 0 Å². The maximum absolute atomic E-state index is 11.9. The van der Waals surface area contributed by atoms with Crippen LogP contribution in [0.15, 0.2) is 10.9 Å². The molecule has 1 rings (SSSR count). The summed E-state index contributed by atoms with van der Waals surface area (Å²) in [6.45, 7) is 8.24. The standard InChI is InChI=1S/C12H21N3O/c1-4-6-7-13-9-11-8-10(3)14-15(5-2)12(11)16/h8,13H,4-7,9H2,1-3H3. The Bertz CT molecular complexity index is 384. The van der Waals surface area contributed by atoms with Crippen LogP contribution < -0.4 is 10.9 Å². The highest BCUT2D eigenvalue weighted by molar-refractivity contribution is 5.12. The van der Waals surface area contributed by atoms with Gasteiger partial charge in [-0.1, -0.05) is 13.3 Å². The van der Waals surface area contributed by atoms with Crippen molar-refractivity contribution < 1.29 is 0 Å². The summed E-state index contributed by atoms with van der Waals surface area (Å²) in [4.78, 5) is 11.9. The molecule has 0 saturated carbocycles. The monoisotopic (exact) mass is 223 g/mol. The first kappa shape index (κ1) is 12.9. The van der Waals surface area contributed by atoms with Gasteiger partial charge in [0.1, 0.15) is 0 Å². The lowest BCUT2D eigenvalue weighted by molar-refractivity contribution is 0.580. The molecule has 4 nitrogen and oxygen atoms in total. The minimum absolute atomic E-state index is 0.0251. The van der Waals surface area contributed by atoms with Gasteiger partial charge >= 0.3 is 0 Å². The molecule has 1 heterocycles. The Morgan fingerprint density at radius 2 is 2.19 bits per heavy atom. The van der Waals surface area contributed by atoms with Crippen LogP contribution in [-0.4, -0.2) is 16.3 Å². The fraction of sp³-hybridized carbons (Fsp3) is 0.667. The van der Waals surface area contributed by atoms with E-state index < -0.39 is 0 Å². The fourth-order valence-corrected chi connectivity index (χ4v) is 1.61. The van der Waals surface area contributed by atoms with Gasteiger partial charge in [-0.25, -0.2) is 4.68 Å². The van der Waals surface area contributed by atoms with Crippen LogP contribution in [0.25, 0.3) is 0 Å². The van der Waals surface area contributed by atoms with Crippen LogP contribution >= 0.6 is 0 Å². The predicted molar refractivity (Wildman–Crippen MR) is 65.5 cm³/mol. The van der Waals surface area contributed by atoms with E-state index >= 15 is 0 Å². The highest BCUT2D eigenvalue weighted by Crippen LogP contribution is 1.95. The van der Waals surface area contributed by atoms with Gasteiger partial charge in [0.2, 0.25) is 0 Å². The zero-order chi connectivity index (χ0) is 12.0. The molecule has 0 aromatic carbocycles. The molecule has 0 radical (unpaired) electrons. The van der Waals surface area contributed by atoms with E-state index in [1.165, 1.54) is 11.1 Å². The number of nitrogens with one attached hydrogen (secondary N) is 1. The van der Waals surface area contributed by atoms with Gasteiger partial charge < -0.3 is 5.32 Å². The van der Waals surface area contributed by atoms with Crippen molar-refractivity contribution in [3.63, 3.8) is 0 Å². The third-order valence-corrected chi connectivity index (χ3v) is 2.49. The molecule has 0 aliphatic heterocycles. The molecule has 0 fully saturated rings. The van der Waals surface area contributed by atoms with Gasteiger partial charge in [-0.2, -0.15) is 5.10 Å². The first-order chi connectivity index (χ1) is 7.69. The van der Waals surface area contributed by atoms with E-state index in [-0.39, 0.29) is 5.56 Å². The van der Waals surface area contributed by atoms with Gasteiger partial charge in [0.15, 0.2) is 0 Å². The summed E-state index contributed by atoms with van der Waals surface area (Å²) in [5.41, 5.74) is 1.73. The number of hydrogen-bond donors (Lipinski definition) is 1. The molecule has 0 atom stereocenters. The summed E-state index contributed by atoms with van der Waals surface area (Å²) >= 11 is 0. The number of nitrogens with zero attached hydrogens (tertiary/aromatic N) is 2. The van der Waals surface area contributed by atoms with E-state index in [2.05, 4.69) is 17.3 Å². The second kappa shape index (κ2) is 6.43. The summed E-state index contributed by atoms with van der Waals surface area (Å²) in [5.74, 6) is 0. The molecule has 1 aromatic rings. The van der Waals surface area contributed by atoms with Crippen molar-refractivity contribution in [2.24, 2.45) is 0 Å². The lowest BCUT2D eigenvalue weighted by Crippen LogP contribution is -2.29. The maximum Gasteiger partial charge on any atom is 0.271 e. The topological polar surface area (TPSA) is 46.9 Å².